The van der Waals surface area contributed by atoms with E-state index < -0.39 is 10.5 Å². The number of hydrogen-bond acceptors (Lipinski definition) is 6. The van der Waals surface area contributed by atoms with Crippen molar-refractivity contribution in [1.82, 2.24) is 4.98 Å². The van der Waals surface area contributed by atoms with Gasteiger partial charge in [-0.25, -0.2) is 4.98 Å². The molecule has 1 aromatic heterocycles. The minimum Gasteiger partial charge on any atom is -0.431 e. The Bertz CT molecular complexity index is 580. The lowest BCUT2D eigenvalue weighted by Gasteiger charge is -2.03. The summed E-state index contributed by atoms with van der Waals surface area (Å²) in [5, 5.41) is 2.21. The lowest BCUT2D eigenvalue weighted by Crippen LogP contribution is -2.00. The molecular weight excluding hydrogens is 269 g/mol. The zero-order chi connectivity index (χ0) is 12.3. The highest BCUT2D eigenvalue weighted by Gasteiger charge is 2.09. The third kappa shape index (κ3) is 3.68. The topological polar surface area (TPSA) is 65.5 Å². The van der Waals surface area contributed by atoms with Crippen LogP contribution in [0.15, 0.2) is 35.8 Å². The molecule has 0 atom stereocenters. The van der Waals surface area contributed by atoms with Crippen LogP contribution in [0.5, 0.6) is 16.7 Å². The van der Waals surface area contributed by atoms with Gasteiger partial charge < -0.3 is 8.92 Å². The summed E-state index contributed by atoms with van der Waals surface area (Å²) in [5.74, 6) is 0.322. The molecule has 0 saturated carbocycles. The third-order valence-electron chi connectivity index (χ3n) is 1.63. The van der Waals surface area contributed by atoms with Crippen molar-refractivity contribution >= 4 is 21.8 Å². The van der Waals surface area contributed by atoms with E-state index in [9.17, 15) is 12.3 Å². The fourth-order valence-electron chi connectivity index (χ4n) is 1.04. The quantitative estimate of drug-likeness (QED) is 0.802. The van der Waals surface area contributed by atoms with E-state index in [1.807, 2.05) is 0 Å². The van der Waals surface area contributed by atoms with Crippen LogP contribution in [-0.2, 0) is 10.5 Å². The average Bonchev–Trinajstić information content (AvgIpc) is 2.71. The van der Waals surface area contributed by atoms with Gasteiger partial charge in [-0.1, -0.05) is 15.2 Å². The minimum absolute atomic E-state index is 0.126. The Morgan fingerprint density at radius 2 is 1.82 bits per heavy atom. The van der Waals surface area contributed by atoms with Crippen molar-refractivity contribution in [3.8, 4) is 16.7 Å². The number of thiazole rings is 1. The molecule has 5 nitrogen and oxygen atoms in total. The van der Waals surface area contributed by atoms with Gasteiger partial charge in [0.1, 0.15) is 11.5 Å². The first-order valence-electron chi connectivity index (χ1n) is 4.34. The number of rotatable bonds is 4. The second-order valence-corrected chi connectivity index (χ2v) is 4.66. The van der Waals surface area contributed by atoms with Crippen molar-refractivity contribution in [2.75, 3.05) is 0 Å². The molecule has 0 aliphatic carbocycles. The predicted molar refractivity (Wildman–Crippen MR) is 59.3 cm³/mol. The first-order valence-corrected chi connectivity index (χ1v) is 6.53. The molecule has 90 valence electrons. The van der Waals surface area contributed by atoms with E-state index in [4.69, 9.17) is 4.74 Å². The number of ether oxygens (including phenoxy) is 1. The van der Waals surface area contributed by atoms with Crippen LogP contribution < -0.4 is 8.92 Å². The molecule has 0 aliphatic rings. The molecule has 0 saturated heterocycles. The standard InChI is InChI=1S/C9H6FNO4S2/c10-17(12,13)15-8-3-1-7(2-4-8)14-9-11-5-6-16-9/h1-6H. The fourth-order valence-corrected chi connectivity index (χ4v) is 1.88. The van der Waals surface area contributed by atoms with Crippen LogP contribution in [0.25, 0.3) is 0 Å². The van der Waals surface area contributed by atoms with Crippen LogP contribution in [0.3, 0.4) is 0 Å². The first-order chi connectivity index (χ1) is 8.03. The largest absolute Gasteiger partial charge is 0.488 e. The third-order valence-corrected chi connectivity index (χ3v) is 2.67. The van der Waals surface area contributed by atoms with Crippen molar-refractivity contribution in [1.29, 1.82) is 0 Å². The molecule has 0 amide bonds. The average molecular weight is 275 g/mol. The van der Waals surface area contributed by atoms with Gasteiger partial charge in [0, 0.05) is 11.6 Å². The zero-order valence-electron chi connectivity index (χ0n) is 8.24. The van der Waals surface area contributed by atoms with Crippen molar-refractivity contribution in [3.63, 3.8) is 0 Å². The van der Waals surface area contributed by atoms with Gasteiger partial charge in [-0.05, 0) is 24.3 Å². The highest BCUT2D eigenvalue weighted by atomic mass is 32.3. The van der Waals surface area contributed by atoms with Gasteiger partial charge in [0.25, 0.3) is 5.19 Å². The van der Waals surface area contributed by atoms with Crippen molar-refractivity contribution < 1.29 is 21.2 Å². The maximum Gasteiger partial charge on any atom is 0.488 e. The minimum atomic E-state index is -4.99. The number of nitrogens with zero attached hydrogens (tertiary/aromatic N) is 1. The van der Waals surface area contributed by atoms with Gasteiger partial charge in [-0.2, -0.15) is 8.42 Å². The summed E-state index contributed by atoms with van der Waals surface area (Å²) < 4.78 is 42.0. The molecule has 0 N–H and O–H groups in total. The van der Waals surface area contributed by atoms with Crippen LogP contribution in [-0.4, -0.2) is 13.4 Å². The molecule has 0 radical (unpaired) electrons. The van der Waals surface area contributed by atoms with E-state index in [-0.39, 0.29) is 5.75 Å². The van der Waals surface area contributed by atoms with Crippen LogP contribution in [0.4, 0.5) is 3.89 Å². The van der Waals surface area contributed by atoms with Crippen LogP contribution in [0, 0.1) is 0 Å². The Labute approximate surface area is 101 Å². The monoisotopic (exact) mass is 275 g/mol. The Morgan fingerprint density at radius 3 is 2.35 bits per heavy atom. The van der Waals surface area contributed by atoms with Gasteiger partial charge in [-0.15, -0.1) is 0 Å². The second kappa shape index (κ2) is 4.68. The number of hydrogen-bond donors (Lipinski definition) is 0. The first kappa shape index (κ1) is 11.8. The van der Waals surface area contributed by atoms with Crippen LogP contribution in [0.1, 0.15) is 0 Å². The summed E-state index contributed by atoms with van der Waals surface area (Å²) in [7, 11) is -4.99. The molecule has 8 heteroatoms. The van der Waals surface area contributed by atoms with Gasteiger partial charge >= 0.3 is 10.5 Å². The van der Waals surface area contributed by atoms with Gasteiger partial charge in [0.2, 0.25) is 0 Å². The highest BCUT2D eigenvalue weighted by Crippen LogP contribution is 2.25. The zero-order valence-corrected chi connectivity index (χ0v) is 9.87. The molecule has 0 spiro atoms. The van der Waals surface area contributed by atoms with E-state index in [0.717, 1.165) is 0 Å². The molecule has 0 aliphatic heterocycles. The normalized spacial score (nSPS) is 11.1. The van der Waals surface area contributed by atoms with E-state index in [0.29, 0.717) is 10.9 Å². The Morgan fingerprint density at radius 1 is 1.18 bits per heavy atom. The molecule has 2 rings (SSSR count). The lowest BCUT2D eigenvalue weighted by atomic mass is 10.3. The van der Waals surface area contributed by atoms with Crippen LogP contribution in [0.2, 0.25) is 0 Å². The van der Waals surface area contributed by atoms with Gasteiger partial charge in [0.05, 0.1) is 0 Å². The summed E-state index contributed by atoms with van der Waals surface area (Å²) in [6, 6.07) is 5.45. The summed E-state index contributed by atoms with van der Waals surface area (Å²) >= 11 is 1.31. The van der Waals surface area contributed by atoms with E-state index in [1.54, 1.807) is 11.6 Å². The lowest BCUT2D eigenvalue weighted by molar-refractivity contribution is 0.438. The molecule has 0 unspecified atom stereocenters. The van der Waals surface area contributed by atoms with E-state index in [2.05, 4.69) is 9.17 Å². The Kier molecular flexibility index (Phi) is 3.25. The molecule has 2 aromatic rings. The van der Waals surface area contributed by atoms with Crippen molar-refractivity contribution in [3.05, 3.63) is 35.8 Å². The second-order valence-electron chi connectivity index (χ2n) is 2.85. The molecular formula is C9H6FNO4S2. The van der Waals surface area contributed by atoms with Crippen molar-refractivity contribution in [2.24, 2.45) is 0 Å². The molecule has 1 heterocycles. The maximum absolute atomic E-state index is 12.2. The summed E-state index contributed by atoms with van der Waals surface area (Å²) in [6.45, 7) is 0. The number of aromatic nitrogens is 1. The van der Waals surface area contributed by atoms with E-state index >= 15 is 0 Å². The summed E-state index contributed by atoms with van der Waals surface area (Å²) in [5.41, 5.74) is 0. The highest BCUT2D eigenvalue weighted by molar-refractivity contribution is 7.81. The maximum atomic E-state index is 12.2. The summed E-state index contributed by atoms with van der Waals surface area (Å²) in [6.07, 6.45) is 1.59. The van der Waals surface area contributed by atoms with Gasteiger partial charge in [0.15, 0.2) is 0 Å². The number of benzene rings is 1. The molecule has 0 fully saturated rings. The van der Waals surface area contributed by atoms with Gasteiger partial charge in [-0.3, -0.25) is 0 Å². The number of halogens is 1. The SMILES string of the molecule is O=S(=O)(F)Oc1ccc(Oc2nccs2)cc1. The van der Waals surface area contributed by atoms with E-state index in [1.165, 1.54) is 35.6 Å². The fraction of sp³-hybridized carbons (Fsp3) is 0. The molecule has 1 aromatic carbocycles. The summed E-state index contributed by atoms with van der Waals surface area (Å²) in [4.78, 5) is 3.90. The van der Waals surface area contributed by atoms with Crippen LogP contribution >= 0.6 is 11.3 Å². The predicted octanol–water partition coefficient (Wildman–Crippen LogP) is 2.53. The van der Waals surface area contributed by atoms with Crippen molar-refractivity contribution in [2.45, 2.75) is 0 Å². The smallest absolute Gasteiger partial charge is 0.431 e. The molecule has 17 heavy (non-hydrogen) atoms. The Balaban J connectivity index is 2.08. The molecule has 0 bridgehead atoms. The Hall–Kier alpha value is -1.67.